The van der Waals surface area contributed by atoms with Crippen LogP contribution in [0.25, 0.3) is 0 Å². The minimum Gasteiger partial charge on any atom is -0.385 e. The largest absolute Gasteiger partial charge is 0.385 e. The van der Waals surface area contributed by atoms with Gasteiger partial charge in [0.2, 0.25) is 0 Å². The Morgan fingerprint density at radius 3 is 3.12 bits per heavy atom. The molecule has 1 aliphatic rings. The molecule has 3 nitrogen and oxygen atoms in total. The molecule has 1 aliphatic heterocycles. The molecular weight excluding hydrogens is 210 g/mol. The highest BCUT2D eigenvalue weighted by Gasteiger charge is 2.09. The Balaban J connectivity index is 1.84. The number of aromatic nitrogens is 2. The van der Waals surface area contributed by atoms with Crippen LogP contribution in [-0.4, -0.2) is 16.3 Å². The van der Waals surface area contributed by atoms with Gasteiger partial charge in [0.15, 0.2) is 0 Å². The predicted octanol–water partition coefficient (Wildman–Crippen LogP) is 2.37. The highest BCUT2D eigenvalue weighted by atomic mass is 15.2. The molecule has 2 heterocycles. The summed E-state index contributed by atoms with van der Waals surface area (Å²) in [5.41, 5.74) is 5.39. The Labute approximate surface area is 101 Å². The van der Waals surface area contributed by atoms with Gasteiger partial charge in [-0.25, -0.2) is 0 Å². The van der Waals surface area contributed by atoms with Gasteiger partial charge in [-0.15, -0.1) is 0 Å². The average molecular weight is 227 g/mol. The van der Waals surface area contributed by atoms with Gasteiger partial charge in [-0.05, 0) is 35.6 Å². The number of hydrogen-bond acceptors (Lipinski definition) is 2. The molecule has 0 unspecified atom stereocenters. The quantitative estimate of drug-likeness (QED) is 0.853. The zero-order valence-electron chi connectivity index (χ0n) is 10.1. The third-order valence-electron chi connectivity index (χ3n) is 3.28. The van der Waals surface area contributed by atoms with Crippen LogP contribution in [0.4, 0.5) is 5.69 Å². The summed E-state index contributed by atoms with van der Waals surface area (Å²) in [4.78, 5) is 0. The zero-order valence-corrected chi connectivity index (χ0v) is 10.1. The van der Waals surface area contributed by atoms with Crippen molar-refractivity contribution in [3.8, 4) is 0 Å². The van der Waals surface area contributed by atoms with E-state index in [0.717, 1.165) is 13.0 Å². The number of nitrogens with one attached hydrogen (secondary N) is 1. The maximum absolute atomic E-state index is 4.20. The first-order valence-corrected chi connectivity index (χ1v) is 6.14. The lowest BCUT2D eigenvalue weighted by molar-refractivity contribution is 0.767. The van der Waals surface area contributed by atoms with Crippen LogP contribution >= 0.6 is 0 Å². The maximum atomic E-state index is 4.20. The minimum atomic E-state index is 0.961. The standard InChI is InChI=1S/C14H17N3/c1-17-10-12(9-16-17)7-11-4-5-13-3-2-6-15-14(13)8-11/h4-5,8-10,15H,2-3,6-7H2,1H3. The fourth-order valence-corrected chi connectivity index (χ4v) is 2.42. The molecule has 0 radical (unpaired) electrons. The third-order valence-corrected chi connectivity index (χ3v) is 3.28. The molecule has 0 fully saturated rings. The first-order chi connectivity index (χ1) is 8.31. The second-order valence-electron chi connectivity index (χ2n) is 4.72. The summed E-state index contributed by atoms with van der Waals surface area (Å²) >= 11 is 0. The van der Waals surface area contributed by atoms with Crippen LogP contribution in [0, 0.1) is 0 Å². The Kier molecular flexibility index (Phi) is 2.59. The Bertz CT molecular complexity index is 528. The fraction of sp³-hybridized carbons (Fsp3) is 0.357. The summed E-state index contributed by atoms with van der Waals surface area (Å²) in [5, 5.41) is 7.67. The number of benzene rings is 1. The van der Waals surface area contributed by atoms with Crippen molar-refractivity contribution in [3.05, 3.63) is 47.3 Å². The van der Waals surface area contributed by atoms with Crippen molar-refractivity contribution in [2.45, 2.75) is 19.3 Å². The fourth-order valence-electron chi connectivity index (χ4n) is 2.42. The summed E-state index contributed by atoms with van der Waals surface area (Å²) in [5.74, 6) is 0. The van der Waals surface area contributed by atoms with Gasteiger partial charge in [0.25, 0.3) is 0 Å². The number of aryl methyl sites for hydroxylation is 2. The second-order valence-corrected chi connectivity index (χ2v) is 4.72. The lowest BCUT2D eigenvalue weighted by atomic mass is 9.99. The van der Waals surface area contributed by atoms with Crippen molar-refractivity contribution < 1.29 is 0 Å². The molecule has 0 amide bonds. The Morgan fingerprint density at radius 1 is 1.35 bits per heavy atom. The summed E-state index contributed by atoms with van der Waals surface area (Å²) < 4.78 is 1.85. The van der Waals surface area contributed by atoms with Crippen LogP contribution in [0.15, 0.2) is 30.6 Å². The predicted molar refractivity (Wildman–Crippen MR) is 69.3 cm³/mol. The average Bonchev–Trinajstić information content (AvgIpc) is 2.75. The van der Waals surface area contributed by atoms with Crippen LogP contribution < -0.4 is 5.32 Å². The van der Waals surface area contributed by atoms with Gasteiger partial charge < -0.3 is 5.32 Å². The van der Waals surface area contributed by atoms with Gasteiger partial charge >= 0.3 is 0 Å². The molecule has 0 bridgehead atoms. The molecule has 0 saturated heterocycles. The third kappa shape index (κ3) is 2.18. The molecule has 3 rings (SSSR count). The van der Waals surface area contributed by atoms with Crippen molar-refractivity contribution in [2.75, 3.05) is 11.9 Å². The number of hydrogen-bond donors (Lipinski definition) is 1. The molecule has 1 N–H and O–H groups in total. The molecule has 88 valence electrons. The smallest absolute Gasteiger partial charge is 0.0525 e. The minimum absolute atomic E-state index is 0.961. The molecule has 0 aliphatic carbocycles. The number of anilines is 1. The van der Waals surface area contributed by atoms with E-state index in [4.69, 9.17) is 0 Å². The highest BCUT2D eigenvalue weighted by Crippen LogP contribution is 2.24. The Morgan fingerprint density at radius 2 is 2.29 bits per heavy atom. The number of rotatable bonds is 2. The van der Waals surface area contributed by atoms with Gasteiger partial charge in [0.1, 0.15) is 0 Å². The van der Waals surface area contributed by atoms with Crippen molar-refractivity contribution in [1.29, 1.82) is 0 Å². The molecular formula is C14H17N3. The van der Waals surface area contributed by atoms with Gasteiger partial charge in [-0.2, -0.15) is 5.10 Å². The van der Waals surface area contributed by atoms with Crippen molar-refractivity contribution in [3.63, 3.8) is 0 Å². The monoisotopic (exact) mass is 227 g/mol. The van der Waals surface area contributed by atoms with E-state index in [0.29, 0.717) is 0 Å². The molecule has 3 heteroatoms. The first-order valence-electron chi connectivity index (χ1n) is 6.14. The van der Waals surface area contributed by atoms with E-state index < -0.39 is 0 Å². The van der Waals surface area contributed by atoms with Gasteiger partial charge in [-0.3, -0.25) is 4.68 Å². The lowest BCUT2D eigenvalue weighted by Gasteiger charge is -2.18. The Hall–Kier alpha value is -1.77. The van der Waals surface area contributed by atoms with E-state index in [1.54, 1.807) is 0 Å². The van der Waals surface area contributed by atoms with Crippen LogP contribution in [0.5, 0.6) is 0 Å². The van der Waals surface area contributed by atoms with Gasteiger partial charge in [0, 0.05) is 31.9 Å². The van der Waals surface area contributed by atoms with Crippen LogP contribution in [-0.2, 0) is 19.9 Å². The highest BCUT2D eigenvalue weighted by molar-refractivity contribution is 5.55. The first kappa shape index (κ1) is 10.4. The van der Waals surface area contributed by atoms with Gasteiger partial charge in [-0.1, -0.05) is 12.1 Å². The molecule has 1 aromatic carbocycles. The molecule has 0 atom stereocenters. The van der Waals surface area contributed by atoms with E-state index >= 15 is 0 Å². The van der Waals surface area contributed by atoms with Crippen LogP contribution in [0.1, 0.15) is 23.1 Å². The molecule has 2 aromatic rings. The van der Waals surface area contributed by atoms with Crippen LogP contribution in [0.3, 0.4) is 0 Å². The summed E-state index contributed by atoms with van der Waals surface area (Å²) in [7, 11) is 1.96. The van der Waals surface area contributed by atoms with Gasteiger partial charge in [0.05, 0.1) is 6.20 Å². The number of fused-ring (bicyclic) bond motifs is 1. The molecule has 1 aromatic heterocycles. The summed E-state index contributed by atoms with van der Waals surface area (Å²) in [6.45, 7) is 1.10. The molecule has 0 saturated carbocycles. The van der Waals surface area contributed by atoms with E-state index in [1.165, 1.54) is 35.2 Å². The second kappa shape index (κ2) is 4.24. The van der Waals surface area contributed by atoms with Crippen molar-refractivity contribution >= 4 is 5.69 Å². The normalized spacial score (nSPS) is 14.2. The van der Waals surface area contributed by atoms with E-state index in [9.17, 15) is 0 Å². The maximum Gasteiger partial charge on any atom is 0.0525 e. The van der Waals surface area contributed by atoms with Crippen molar-refractivity contribution in [1.82, 2.24) is 9.78 Å². The van der Waals surface area contributed by atoms with E-state index in [1.807, 2.05) is 17.9 Å². The zero-order chi connectivity index (χ0) is 11.7. The number of nitrogens with zero attached hydrogens (tertiary/aromatic N) is 2. The summed E-state index contributed by atoms with van der Waals surface area (Å²) in [6.07, 6.45) is 7.42. The summed E-state index contributed by atoms with van der Waals surface area (Å²) in [6, 6.07) is 6.77. The van der Waals surface area contributed by atoms with E-state index in [-0.39, 0.29) is 0 Å². The molecule has 17 heavy (non-hydrogen) atoms. The lowest BCUT2D eigenvalue weighted by Crippen LogP contribution is -2.11. The van der Waals surface area contributed by atoms with Crippen molar-refractivity contribution in [2.24, 2.45) is 7.05 Å². The SMILES string of the molecule is Cn1cc(Cc2ccc3c(c2)NCCC3)cn1. The molecule has 0 spiro atoms. The van der Waals surface area contributed by atoms with Crippen LogP contribution in [0.2, 0.25) is 0 Å². The topological polar surface area (TPSA) is 29.9 Å². The van der Waals surface area contributed by atoms with E-state index in [2.05, 4.69) is 34.8 Å².